The molecule has 60 valence electrons. The fraction of sp³-hybridized carbons (Fsp3) is 0.700. The van der Waals surface area contributed by atoms with Crippen LogP contribution in [0.2, 0.25) is 0 Å². The van der Waals surface area contributed by atoms with Gasteiger partial charge in [0.15, 0.2) is 0 Å². The molecule has 3 unspecified atom stereocenters. The highest BCUT2D eigenvalue weighted by Gasteiger charge is 2.37. The zero-order valence-corrected chi connectivity index (χ0v) is 6.70. The number of fused-ring (bicyclic) bond motifs is 2. The Morgan fingerprint density at radius 1 is 1.18 bits per heavy atom. The summed E-state index contributed by atoms with van der Waals surface area (Å²) in [6.07, 6.45) is 10.3. The van der Waals surface area contributed by atoms with E-state index < -0.39 is 0 Å². The smallest absolute Gasteiger partial charge is 0.142 e. The molecular weight excluding hydrogens is 136 g/mol. The summed E-state index contributed by atoms with van der Waals surface area (Å²) < 4.78 is 0. The van der Waals surface area contributed by atoms with Gasteiger partial charge in [0.2, 0.25) is 0 Å². The summed E-state index contributed by atoms with van der Waals surface area (Å²) in [5, 5.41) is 0. The fourth-order valence-corrected chi connectivity index (χ4v) is 2.72. The zero-order valence-electron chi connectivity index (χ0n) is 6.70. The van der Waals surface area contributed by atoms with Crippen LogP contribution in [0, 0.1) is 17.8 Å². The maximum atomic E-state index is 10.1. The van der Waals surface area contributed by atoms with Crippen LogP contribution in [0.5, 0.6) is 0 Å². The Kier molecular flexibility index (Phi) is 1.80. The van der Waals surface area contributed by atoms with Gasteiger partial charge in [0.05, 0.1) is 0 Å². The van der Waals surface area contributed by atoms with Crippen LogP contribution in [0.15, 0.2) is 12.2 Å². The molecule has 11 heavy (non-hydrogen) atoms. The molecule has 0 amide bonds. The standard InChI is InChI=1S/C10H14O/c11-5-1-2-9-6-8-3-4-10(9)7-8/h1-2,5,8-10H,3-4,6-7H2/b2-1+. The first-order valence-electron chi connectivity index (χ1n) is 4.52. The van der Waals surface area contributed by atoms with Gasteiger partial charge in [-0.2, -0.15) is 0 Å². The van der Waals surface area contributed by atoms with Crippen LogP contribution in [-0.4, -0.2) is 6.29 Å². The van der Waals surface area contributed by atoms with E-state index in [2.05, 4.69) is 6.08 Å². The third-order valence-corrected chi connectivity index (χ3v) is 3.23. The first-order valence-corrected chi connectivity index (χ1v) is 4.52. The Morgan fingerprint density at radius 3 is 2.64 bits per heavy atom. The predicted molar refractivity (Wildman–Crippen MR) is 44.1 cm³/mol. The third kappa shape index (κ3) is 1.24. The van der Waals surface area contributed by atoms with E-state index in [-0.39, 0.29) is 0 Å². The van der Waals surface area contributed by atoms with E-state index >= 15 is 0 Å². The molecule has 1 heteroatoms. The van der Waals surface area contributed by atoms with E-state index in [9.17, 15) is 4.79 Å². The van der Waals surface area contributed by atoms with E-state index in [0.717, 1.165) is 24.0 Å². The lowest BCUT2D eigenvalue weighted by Crippen LogP contribution is -2.06. The molecule has 1 nitrogen and oxygen atoms in total. The second kappa shape index (κ2) is 2.80. The van der Waals surface area contributed by atoms with Crippen LogP contribution < -0.4 is 0 Å². The van der Waals surface area contributed by atoms with Gasteiger partial charge in [0.25, 0.3) is 0 Å². The summed E-state index contributed by atoms with van der Waals surface area (Å²) in [5.41, 5.74) is 0. The molecule has 0 spiro atoms. The van der Waals surface area contributed by atoms with Crippen LogP contribution >= 0.6 is 0 Å². The predicted octanol–water partition coefficient (Wildman–Crippen LogP) is 2.18. The second-order valence-electron chi connectivity index (χ2n) is 3.86. The Morgan fingerprint density at radius 2 is 2.09 bits per heavy atom. The van der Waals surface area contributed by atoms with E-state index in [4.69, 9.17) is 0 Å². The van der Waals surface area contributed by atoms with Gasteiger partial charge in [0, 0.05) is 0 Å². The van der Waals surface area contributed by atoms with Crippen LogP contribution in [0.1, 0.15) is 25.7 Å². The van der Waals surface area contributed by atoms with Crippen molar-refractivity contribution in [1.29, 1.82) is 0 Å². The number of carbonyl (C=O) groups excluding carboxylic acids is 1. The number of rotatable bonds is 2. The van der Waals surface area contributed by atoms with E-state index in [1.54, 1.807) is 6.08 Å². The minimum absolute atomic E-state index is 0.735. The molecule has 2 saturated carbocycles. The highest BCUT2D eigenvalue weighted by molar-refractivity contribution is 5.64. The Labute approximate surface area is 67.5 Å². The second-order valence-corrected chi connectivity index (χ2v) is 3.86. The van der Waals surface area contributed by atoms with Crippen molar-refractivity contribution in [2.45, 2.75) is 25.7 Å². The van der Waals surface area contributed by atoms with Crippen molar-refractivity contribution in [2.24, 2.45) is 17.8 Å². The van der Waals surface area contributed by atoms with E-state index in [1.807, 2.05) is 0 Å². The lowest BCUT2D eigenvalue weighted by atomic mass is 9.89. The molecule has 2 bridgehead atoms. The van der Waals surface area contributed by atoms with Crippen molar-refractivity contribution >= 4 is 6.29 Å². The SMILES string of the molecule is O=C/C=C/C1CC2CCC1C2. The maximum Gasteiger partial charge on any atom is 0.142 e. The molecule has 0 N–H and O–H groups in total. The van der Waals surface area contributed by atoms with Gasteiger partial charge in [-0.3, -0.25) is 4.79 Å². The monoisotopic (exact) mass is 150 g/mol. The van der Waals surface area contributed by atoms with Gasteiger partial charge in [-0.1, -0.05) is 12.5 Å². The molecule has 0 aromatic rings. The topological polar surface area (TPSA) is 17.1 Å². The van der Waals surface area contributed by atoms with Crippen LogP contribution in [0.25, 0.3) is 0 Å². The molecule has 2 aliphatic rings. The molecule has 0 aromatic heterocycles. The van der Waals surface area contributed by atoms with Gasteiger partial charge in [-0.25, -0.2) is 0 Å². The van der Waals surface area contributed by atoms with E-state index in [0.29, 0.717) is 0 Å². The molecule has 2 rings (SSSR count). The average molecular weight is 150 g/mol. The lowest BCUT2D eigenvalue weighted by Gasteiger charge is -2.16. The molecule has 2 fully saturated rings. The van der Waals surface area contributed by atoms with Gasteiger partial charge >= 0.3 is 0 Å². The number of aldehydes is 1. The molecular formula is C10H14O. The molecule has 0 saturated heterocycles. The summed E-state index contributed by atoms with van der Waals surface area (Å²) >= 11 is 0. The van der Waals surface area contributed by atoms with Crippen molar-refractivity contribution in [1.82, 2.24) is 0 Å². The molecule has 0 aromatic carbocycles. The van der Waals surface area contributed by atoms with Crippen molar-refractivity contribution < 1.29 is 4.79 Å². The normalized spacial score (nSPS) is 42.0. The third-order valence-electron chi connectivity index (χ3n) is 3.23. The minimum Gasteiger partial charge on any atom is -0.299 e. The quantitative estimate of drug-likeness (QED) is 0.435. The van der Waals surface area contributed by atoms with E-state index in [1.165, 1.54) is 25.7 Å². The van der Waals surface area contributed by atoms with Crippen LogP contribution in [0.4, 0.5) is 0 Å². The average Bonchev–Trinajstić information content (AvgIpc) is 2.60. The number of hydrogen-bond donors (Lipinski definition) is 0. The molecule has 0 aliphatic heterocycles. The van der Waals surface area contributed by atoms with Crippen LogP contribution in [-0.2, 0) is 4.79 Å². The number of hydrogen-bond acceptors (Lipinski definition) is 1. The summed E-state index contributed by atoms with van der Waals surface area (Å²) in [7, 11) is 0. The Hall–Kier alpha value is -0.590. The highest BCUT2D eigenvalue weighted by Crippen LogP contribution is 2.48. The summed E-state index contributed by atoms with van der Waals surface area (Å²) in [4.78, 5) is 10.1. The van der Waals surface area contributed by atoms with Crippen molar-refractivity contribution in [3.8, 4) is 0 Å². The highest BCUT2D eigenvalue weighted by atomic mass is 16.1. The summed E-state index contributed by atoms with van der Waals surface area (Å²) in [6, 6.07) is 0. The molecule has 0 radical (unpaired) electrons. The minimum atomic E-state index is 0.735. The maximum absolute atomic E-state index is 10.1. The summed E-state index contributed by atoms with van der Waals surface area (Å²) in [5.74, 6) is 2.64. The summed E-state index contributed by atoms with van der Waals surface area (Å²) in [6.45, 7) is 0. The molecule has 2 aliphatic carbocycles. The van der Waals surface area contributed by atoms with Gasteiger partial charge < -0.3 is 0 Å². The Balaban J connectivity index is 1.97. The van der Waals surface area contributed by atoms with Gasteiger partial charge in [-0.15, -0.1) is 0 Å². The van der Waals surface area contributed by atoms with Crippen LogP contribution in [0.3, 0.4) is 0 Å². The number of carbonyl (C=O) groups is 1. The lowest BCUT2D eigenvalue weighted by molar-refractivity contribution is -0.104. The zero-order chi connectivity index (χ0) is 7.68. The van der Waals surface area contributed by atoms with Crippen molar-refractivity contribution in [3.63, 3.8) is 0 Å². The molecule has 3 atom stereocenters. The first-order chi connectivity index (χ1) is 5.40. The van der Waals surface area contributed by atoms with Crippen molar-refractivity contribution in [2.75, 3.05) is 0 Å². The molecule has 0 heterocycles. The Bertz CT molecular complexity index is 183. The van der Waals surface area contributed by atoms with Gasteiger partial charge in [0.1, 0.15) is 6.29 Å². The number of allylic oxidation sites excluding steroid dienone is 2. The fourth-order valence-electron chi connectivity index (χ4n) is 2.72. The first kappa shape index (κ1) is 7.08. The van der Waals surface area contributed by atoms with Gasteiger partial charge in [-0.05, 0) is 43.1 Å². The van der Waals surface area contributed by atoms with Crippen molar-refractivity contribution in [3.05, 3.63) is 12.2 Å². The largest absolute Gasteiger partial charge is 0.299 e.